The molecule has 23 heavy (non-hydrogen) atoms. The zero-order valence-electron chi connectivity index (χ0n) is 12.2. The molecule has 4 nitrogen and oxygen atoms in total. The molecule has 1 saturated heterocycles. The quantitative estimate of drug-likeness (QED) is 0.800. The van der Waals surface area contributed by atoms with Gasteiger partial charge in [-0.25, -0.2) is 4.39 Å². The summed E-state index contributed by atoms with van der Waals surface area (Å²) in [5.41, 5.74) is 2.95. The van der Waals surface area contributed by atoms with E-state index in [1.165, 1.54) is 6.07 Å². The van der Waals surface area contributed by atoms with E-state index in [9.17, 15) is 9.18 Å². The molecule has 3 aromatic rings. The van der Waals surface area contributed by atoms with Gasteiger partial charge in [-0.3, -0.25) is 9.89 Å². The third kappa shape index (κ3) is 2.45. The number of H-pyrrole nitrogens is 1. The maximum Gasteiger partial charge on any atom is 0.257 e. The van der Waals surface area contributed by atoms with Crippen molar-refractivity contribution in [3.63, 3.8) is 0 Å². The Morgan fingerprint density at radius 2 is 2.13 bits per heavy atom. The summed E-state index contributed by atoms with van der Waals surface area (Å²) in [6, 6.07) is 8.71. The van der Waals surface area contributed by atoms with Gasteiger partial charge in [-0.05, 0) is 23.1 Å². The molecule has 1 N–H and O–H groups in total. The van der Waals surface area contributed by atoms with Crippen molar-refractivity contribution in [3.8, 4) is 11.3 Å². The van der Waals surface area contributed by atoms with Gasteiger partial charge in [-0.2, -0.15) is 16.4 Å². The highest BCUT2D eigenvalue weighted by atomic mass is 32.1. The molecule has 1 fully saturated rings. The Bertz CT molecular complexity index is 837. The Morgan fingerprint density at radius 3 is 2.87 bits per heavy atom. The van der Waals surface area contributed by atoms with Crippen LogP contribution in [-0.4, -0.2) is 34.1 Å². The fraction of sp³-hybridized carbons (Fsp3) is 0.176. The first kappa shape index (κ1) is 14.1. The van der Waals surface area contributed by atoms with E-state index in [1.807, 2.05) is 22.9 Å². The zero-order chi connectivity index (χ0) is 15.8. The Kier molecular flexibility index (Phi) is 3.46. The molecular weight excluding hydrogens is 313 g/mol. The number of hydrogen-bond donors (Lipinski definition) is 1. The van der Waals surface area contributed by atoms with Crippen molar-refractivity contribution in [2.75, 3.05) is 13.1 Å². The van der Waals surface area contributed by atoms with E-state index in [4.69, 9.17) is 0 Å². The monoisotopic (exact) mass is 327 g/mol. The van der Waals surface area contributed by atoms with Gasteiger partial charge >= 0.3 is 0 Å². The third-order valence-corrected chi connectivity index (χ3v) is 4.88. The predicted molar refractivity (Wildman–Crippen MR) is 86.9 cm³/mol. The molecule has 2 aromatic heterocycles. The molecule has 116 valence electrons. The number of hydrogen-bond acceptors (Lipinski definition) is 3. The molecule has 0 radical (unpaired) electrons. The van der Waals surface area contributed by atoms with Gasteiger partial charge in [0.15, 0.2) is 0 Å². The lowest BCUT2D eigenvalue weighted by atomic mass is 9.90. The maximum atomic E-state index is 13.8. The standard InChI is InChI=1S/C17H14FN3OS/c18-15-4-2-1-3-13(15)12-8-21(9-12)17(22)14-7-19-20-16(14)11-5-6-23-10-11/h1-7,10,12H,8-9H2,(H,19,20). The lowest BCUT2D eigenvalue weighted by molar-refractivity contribution is 0.0600. The summed E-state index contributed by atoms with van der Waals surface area (Å²) in [5.74, 6) is -0.198. The molecule has 1 aliphatic heterocycles. The number of carbonyl (C=O) groups is 1. The lowest BCUT2D eigenvalue weighted by Crippen LogP contribution is -2.48. The van der Waals surface area contributed by atoms with Gasteiger partial charge in [0.25, 0.3) is 5.91 Å². The van der Waals surface area contributed by atoms with Crippen LogP contribution in [-0.2, 0) is 0 Å². The van der Waals surface area contributed by atoms with Crippen LogP contribution in [0, 0.1) is 5.82 Å². The molecule has 0 bridgehead atoms. The van der Waals surface area contributed by atoms with Crippen LogP contribution in [0.4, 0.5) is 4.39 Å². The van der Waals surface area contributed by atoms with Crippen LogP contribution < -0.4 is 0 Å². The zero-order valence-corrected chi connectivity index (χ0v) is 13.0. The SMILES string of the molecule is O=C(c1cn[nH]c1-c1ccsc1)N1CC(c2ccccc2F)C1. The average Bonchev–Trinajstić information content (AvgIpc) is 3.18. The van der Waals surface area contributed by atoms with Crippen LogP contribution in [0.3, 0.4) is 0 Å². The molecule has 4 rings (SSSR count). The number of aromatic nitrogens is 2. The van der Waals surface area contributed by atoms with Crippen LogP contribution in [0.15, 0.2) is 47.3 Å². The minimum Gasteiger partial charge on any atom is -0.337 e. The summed E-state index contributed by atoms with van der Waals surface area (Å²) in [6.07, 6.45) is 1.56. The molecule has 3 heterocycles. The number of amides is 1. The average molecular weight is 327 g/mol. The fourth-order valence-electron chi connectivity index (χ4n) is 2.89. The highest BCUT2D eigenvalue weighted by molar-refractivity contribution is 7.08. The number of aromatic amines is 1. The van der Waals surface area contributed by atoms with E-state index in [-0.39, 0.29) is 17.6 Å². The second-order valence-electron chi connectivity index (χ2n) is 5.60. The van der Waals surface area contributed by atoms with Crippen LogP contribution in [0.2, 0.25) is 0 Å². The van der Waals surface area contributed by atoms with E-state index in [1.54, 1.807) is 34.6 Å². The highest BCUT2D eigenvalue weighted by Crippen LogP contribution is 2.32. The number of likely N-dealkylation sites (tertiary alicyclic amines) is 1. The van der Waals surface area contributed by atoms with Crippen molar-refractivity contribution in [3.05, 3.63) is 64.2 Å². The highest BCUT2D eigenvalue weighted by Gasteiger charge is 2.34. The summed E-state index contributed by atoms with van der Waals surface area (Å²) in [7, 11) is 0. The second-order valence-corrected chi connectivity index (χ2v) is 6.38. The summed E-state index contributed by atoms with van der Waals surface area (Å²) in [4.78, 5) is 14.4. The van der Waals surface area contributed by atoms with E-state index < -0.39 is 0 Å². The molecule has 0 spiro atoms. The predicted octanol–water partition coefficient (Wildman–Crippen LogP) is 3.52. The van der Waals surface area contributed by atoms with Crippen molar-refractivity contribution in [1.29, 1.82) is 0 Å². The Hall–Kier alpha value is -2.47. The maximum absolute atomic E-state index is 13.8. The van der Waals surface area contributed by atoms with Crippen molar-refractivity contribution in [1.82, 2.24) is 15.1 Å². The molecule has 0 saturated carbocycles. The fourth-order valence-corrected chi connectivity index (χ4v) is 3.54. The van der Waals surface area contributed by atoms with Crippen molar-refractivity contribution in [2.24, 2.45) is 0 Å². The summed E-state index contributed by atoms with van der Waals surface area (Å²) < 4.78 is 13.8. The summed E-state index contributed by atoms with van der Waals surface area (Å²) in [6.45, 7) is 1.07. The van der Waals surface area contributed by atoms with Gasteiger partial charge in [0.1, 0.15) is 5.82 Å². The first-order valence-electron chi connectivity index (χ1n) is 7.33. The van der Waals surface area contributed by atoms with Crippen molar-refractivity contribution in [2.45, 2.75) is 5.92 Å². The van der Waals surface area contributed by atoms with Gasteiger partial charge < -0.3 is 4.90 Å². The smallest absolute Gasteiger partial charge is 0.257 e. The van der Waals surface area contributed by atoms with Gasteiger partial charge in [0.2, 0.25) is 0 Å². The Balaban J connectivity index is 1.51. The summed E-state index contributed by atoms with van der Waals surface area (Å²) >= 11 is 1.57. The number of rotatable bonds is 3. The van der Waals surface area contributed by atoms with Gasteiger partial charge in [-0.15, -0.1) is 0 Å². The number of thiophene rings is 1. The molecule has 6 heteroatoms. The number of nitrogens with zero attached hydrogens (tertiary/aromatic N) is 2. The van der Waals surface area contributed by atoms with E-state index >= 15 is 0 Å². The Morgan fingerprint density at radius 1 is 1.30 bits per heavy atom. The number of halogens is 1. The van der Waals surface area contributed by atoms with E-state index in [0.29, 0.717) is 24.2 Å². The molecular formula is C17H14FN3OS. The van der Waals surface area contributed by atoms with Crippen molar-refractivity contribution >= 4 is 17.2 Å². The molecule has 0 atom stereocenters. The minimum absolute atomic E-state index is 0.0625. The topological polar surface area (TPSA) is 49.0 Å². The summed E-state index contributed by atoms with van der Waals surface area (Å²) in [5, 5.41) is 10.8. The van der Waals surface area contributed by atoms with Gasteiger partial charge in [0.05, 0.1) is 17.5 Å². The van der Waals surface area contributed by atoms with Crippen LogP contribution in [0.25, 0.3) is 11.3 Å². The van der Waals surface area contributed by atoms with Gasteiger partial charge in [0, 0.05) is 30.0 Å². The number of benzene rings is 1. The molecule has 1 aliphatic rings. The largest absolute Gasteiger partial charge is 0.337 e. The third-order valence-electron chi connectivity index (χ3n) is 4.19. The minimum atomic E-state index is -0.202. The lowest BCUT2D eigenvalue weighted by Gasteiger charge is -2.39. The molecule has 0 aliphatic carbocycles. The number of carbonyl (C=O) groups excluding carboxylic acids is 1. The first-order valence-corrected chi connectivity index (χ1v) is 8.28. The van der Waals surface area contributed by atoms with E-state index in [0.717, 1.165) is 11.3 Å². The molecule has 1 amide bonds. The Labute approximate surface area is 136 Å². The number of nitrogens with one attached hydrogen (secondary N) is 1. The van der Waals surface area contributed by atoms with Gasteiger partial charge in [-0.1, -0.05) is 18.2 Å². The van der Waals surface area contributed by atoms with Crippen LogP contribution in [0.1, 0.15) is 21.8 Å². The van der Waals surface area contributed by atoms with Crippen LogP contribution in [0.5, 0.6) is 0 Å². The second kappa shape index (κ2) is 5.62. The van der Waals surface area contributed by atoms with Crippen molar-refractivity contribution < 1.29 is 9.18 Å². The normalized spacial score (nSPS) is 14.7. The molecule has 0 unspecified atom stereocenters. The van der Waals surface area contributed by atoms with E-state index in [2.05, 4.69) is 10.2 Å². The van der Waals surface area contributed by atoms with Crippen LogP contribution >= 0.6 is 11.3 Å². The molecule has 1 aromatic carbocycles. The first-order chi connectivity index (χ1) is 11.2.